The predicted octanol–water partition coefficient (Wildman–Crippen LogP) is 2.20. The van der Waals surface area contributed by atoms with E-state index in [2.05, 4.69) is 15.9 Å². The minimum absolute atomic E-state index is 0.238. The van der Waals surface area contributed by atoms with E-state index >= 15 is 0 Å². The Morgan fingerprint density at radius 1 is 1.59 bits per heavy atom. The van der Waals surface area contributed by atoms with Crippen molar-refractivity contribution in [2.45, 2.75) is 0 Å². The van der Waals surface area contributed by atoms with Gasteiger partial charge in [0.25, 0.3) is 11.6 Å². The molecule has 0 N–H and O–H groups in total. The summed E-state index contributed by atoms with van der Waals surface area (Å²) in [6, 6.07) is 2.83. The first-order chi connectivity index (χ1) is 7.97. The van der Waals surface area contributed by atoms with Crippen molar-refractivity contribution >= 4 is 27.5 Å². The molecular formula is C10H10BrFN2O3. The molecule has 0 unspecified atom stereocenters. The summed E-state index contributed by atoms with van der Waals surface area (Å²) < 4.78 is 13.0. The molecule has 0 aromatic heterocycles. The normalized spacial score (nSPS) is 10.1. The van der Waals surface area contributed by atoms with Crippen molar-refractivity contribution in [1.82, 2.24) is 4.90 Å². The van der Waals surface area contributed by atoms with Crippen LogP contribution in [0.2, 0.25) is 0 Å². The number of amides is 1. The lowest BCUT2D eigenvalue weighted by Gasteiger charge is -2.15. The van der Waals surface area contributed by atoms with Gasteiger partial charge >= 0.3 is 0 Å². The lowest BCUT2D eigenvalue weighted by molar-refractivity contribution is -0.385. The molecule has 0 saturated carbocycles. The molecule has 7 heteroatoms. The third kappa shape index (κ3) is 3.23. The second-order valence-electron chi connectivity index (χ2n) is 3.33. The quantitative estimate of drug-likeness (QED) is 0.487. The molecule has 1 rings (SSSR count). The largest absolute Gasteiger partial charge is 0.341 e. The number of carbonyl (C=O) groups excluding carboxylic acids is 1. The smallest absolute Gasteiger partial charge is 0.282 e. The summed E-state index contributed by atoms with van der Waals surface area (Å²) in [6.45, 7) is 0.381. The standard InChI is InChI=1S/C10H10BrFN2O3/c1-13(5-4-11)10(15)8-6-7(12)2-3-9(8)14(16)17/h2-3,6H,4-5H2,1H3. The van der Waals surface area contributed by atoms with Crippen molar-refractivity contribution in [3.63, 3.8) is 0 Å². The van der Waals surface area contributed by atoms with Gasteiger partial charge in [-0.15, -0.1) is 0 Å². The molecule has 17 heavy (non-hydrogen) atoms. The molecule has 0 aliphatic heterocycles. The van der Waals surface area contributed by atoms with Gasteiger partial charge in [0.05, 0.1) is 4.92 Å². The highest BCUT2D eigenvalue weighted by atomic mass is 79.9. The summed E-state index contributed by atoms with van der Waals surface area (Å²) in [6.07, 6.45) is 0. The summed E-state index contributed by atoms with van der Waals surface area (Å²) in [7, 11) is 1.50. The number of nitrogens with zero attached hydrogens (tertiary/aromatic N) is 2. The maximum Gasteiger partial charge on any atom is 0.282 e. The summed E-state index contributed by atoms with van der Waals surface area (Å²) in [5, 5.41) is 11.3. The van der Waals surface area contributed by atoms with Crippen molar-refractivity contribution in [3.05, 3.63) is 39.7 Å². The van der Waals surface area contributed by atoms with Gasteiger partial charge in [-0.25, -0.2) is 4.39 Å². The number of nitro groups is 1. The fraction of sp³-hybridized carbons (Fsp3) is 0.300. The molecule has 0 fully saturated rings. The van der Waals surface area contributed by atoms with E-state index in [9.17, 15) is 19.3 Å². The van der Waals surface area contributed by atoms with Crippen LogP contribution in [0.3, 0.4) is 0 Å². The third-order valence-corrected chi connectivity index (χ3v) is 2.51. The van der Waals surface area contributed by atoms with Crippen LogP contribution in [0.1, 0.15) is 10.4 Å². The minimum atomic E-state index is -0.700. The highest BCUT2D eigenvalue weighted by Crippen LogP contribution is 2.20. The molecule has 0 radical (unpaired) electrons. The van der Waals surface area contributed by atoms with Gasteiger partial charge in [-0.05, 0) is 12.1 Å². The van der Waals surface area contributed by atoms with Gasteiger partial charge in [-0.1, -0.05) is 15.9 Å². The molecular weight excluding hydrogens is 295 g/mol. The number of hydrogen-bond donors (Lipinski definition) is 0. The van der Waals surface area contributed by atoms with Crippen LogP contribution < -0.4 is 0 Å². The Kier molecular flexibility index (Phi) is 4.56. The fourth-order valence-electron chi connectivity index (χ4n) is 1.27. The zero-order valence-electron chi connectivity index (χ0n) is 9.02. The van der Waals surface area contributed by atoms with Gasteiger partial charge in [0.15, 0.2) is 0 Å². The van der Waals surface area contributed by atoms with Crippen LogP contribution in [-0.4, -0.2) is 34.7 Å². The molecule has 5 nitrogen and oxygen atoms in total. The number of hydrogen-bond acceptors (Lipinski definition) is 3. The zero-order valence-corrected chi connectivity index (χ0v) is 10.6. The highest BCUT2D eigenvalue weighted by molar-refractivity contribution is 9.09. The average molecular weight is 305 g/mol. The van der Waals surface area contributed by atoms with Crippen molar-refractivity contribution in [2.24, 2.45) is 0 Å². The number of rotatable bonds is 4. The van der Waals surface area contributed by atoms with E-state index in [1.165, 1.54) is 11.9 Å². The first kappa shape index (κ1) is 13.6. The van der Waals surface area contributed by atoms with Crippen LogP contribution >= 0.6 is 15.9 Å². The number of carbonyl (C=O) groups is 1. The predicted molar refractivity (Wildman–Crippen MR) is 63.8 cm³/mol. The van der Waals surface area contributed by atoms with Crippen LogP contribution in [0.4, 0.5) is 10.1 Å². The minimum Gasteiger partial charge on any atom is -0.341 e. The Morgan fingerprint density at radius 2 is 2.24 bits per heavy atom. The van der Waals surface area contributed by atoms with Gasteiger partial charge in [-0.3, -0.25) is 14.9 Å². The number of alkyl halides is 1. The first-order valence-electron chi connectivity index (χ1n) is 4.72. The molecule has 1 aromatic carbocycles. The van der Waals surface area contributed by atoms with E-state index < -0.39 is 22.3 Å². The van der Waals surface area contributed by atoms with Crippen LogP contribution in [0.25, 0.3) is 0 Å². The molecule has 0 aliphatic carbocycles. The van der Waals surface area contributed by atoms with Crippen LogP contribution in [0.15, 0.2) is 18.2 Å². The Morgan fingerprint density at radius 3 is 2.76 bits per heavy atom. The summed E-state index contributed by atoms with van der Waals surface area (Å²) in [4.78, 5) is 23.2. The summed E-state index contributed by atoms with van der Waals surface area (Å²) in [5.41, 5.74) is -0.628. The Bertz CT molecular complexity index is 453. The van der Waals surface area contributed by atoms with Crippen LogP contribution in [-0.2, 0) is 0 Å². The van der Waals surface area contributed by atoms with E-state index in [0.717, 1.165) is 18.2 Å². The third-order valence-electron chi connectivity index (χ3n) is 2.15. The van der Waals surface area contributed by atoms with Crippen molar-refractivity contribution in [1.29, 1.82) is 0 Å². The van der Waals surface area contributed by atoms with Crippen molar-refractivity contribution in [3.8, 4) is 0 Å². The van der Waals surface area contributed by atoms with E-state index in [-0.39, 0.29) is 5.56 Å². The monoisotopic (exact) mass is 304 g/mol. The Labute approximate surface area is 105 Å². The zero-order chi connectivity index (χ0) is 13.0. The molecule has 0 aliphatic rings. The summed E-state index contributed by atoms with van der Waals surface area (Å²) >= 11 is 3.15. The molecule has 0 heterocycles. The van der Waals surface area contributed by atoms with Crippen LogP contribution in [0, 0.1) is 15.9 Å². The summed E-state index contributed by atoms with van der Waals surface area (Å²) in [5.74, 6) is -1.25. The van der Waals surface area contributed by atoms with Gasteiger partial charge < -0.3 is 4.90 Å². The molecule has 0 saturated heterocycles. The molecule has 0 spiro atoms. The fourth-order valence-corrected chi connectivity index (χ4v) is 1.80. The lowest BCUT2D eigenvalue weighted by atomic mass is 10.1. The Balaban J connectivity index is 3.15. The Hall–Kier alpha value is -1.50. The topological polar surface area (TPSA) is 63.5 Å². The van der Waals surface area contributed by atoms with E-state index in [4.69, 9.17) is 0 Å². The van der Waals surface area contributed by atoms with Gasteiger partial charge in [0.1, 0.15) is 11.4 Å². The van der Waals surface area contributed by atoms with Gasteiger partial charge in [0, 0.05) is 25.0 Å². The maximum absolute atomic E-state index is 13.0. The average Bonchev–Trinajstić information content (AvgIpc) is 2.27. The number of nitro benzene ring substituents is 1. The van der Waals surface area contributed by atoms with E-state index in [1.807, 2.05) is 0 Å². The van der Waals surface area contributed by atoms with Gasteiger partial charge in [-0.2, -0.15) is 0 Å². The second-order valence-corrected chi connectivity index (χ2v) is 4.13. The van der Waals surface area contributed by atoms with Crippen molar-refractivity contribution in [2.75, 3.05) is 18.9 Å². The van der Waals surface area contributed by atoms with Crippen molar-refractivity contribution < 1.29 is 14.1 Å². The van der Waals surface area contributed by atoms with E-state index in [1.54, 1.807) is 0 Å². The maximum atomic E-state index is 13.0. The molecule has 92 valence electrons. The lowest BCUT2D eigenvalue weighted by Crippen LogP contribution is -2.29. The van der Waals surface area contributed by atoms with Gasteiger partial charge in [0.2, 0.25) is 0 Å². The van der Waals surface area contributed by atoms with Crippen LogP contribution in [0.5, 0.6) is 0 Å². The first-order valence-corrected chi connectivity index (χ1v) is 5.85. The number of benzene rings is 1. The van der Waals surface area contributed by atoms with E-state index in [0.29, 0.717) is 11.9 Å². The molecule has 1 amide bonds. The number of halogens is 2. The molecule has 0 atom stereocenters. The second kappa shape index (κ2) is 5.72. The SMILES string of the molecule is CN(CCBr)C(=O)c1cc(F)ccc1[N+](=O)[O-]. The molecule has 0 bridgehead atoms. The molecule has 1 aromatic rings. The highest BCUT2D eigenvalue weighted by Gasteiger charge is 2.23.